The van der Waals surface area contributed by atoms with E-state index in [-0.39, 0.29) is 18.1 Å². The Morgan fingerprint density at radius 3 is 2.74 bits per heavy atom. The van der Waals surface area contributed by atoms with Crippen LogP contribution in [-0.2, 0) is 4.74 Å². The van der Waals surface area contributed by atoms with Gasteiger partial charge in [0.1, 0.15) is 0 Å². The van der Waals surface area contributed by atoms with Crippen LogP contribution in [-0.4, -0.2) is 62.3 Å². The summed E-state index contributed by atoms with van der Waals surface area (Å²) in [7, 11) is 3.97. The van der Waals surface area contributed by atoms with Crippen molar-refractivity contribution in [3.63, 3.8) is 0 Å². The number of urea groups is 1. The van der Waals surface area contributed by atoms with Gasteiger partial charge in [-0.3, -0.25) is 0 Å². The van der Waals surface area contributed by atoms with Crippen molar-refractivity contribution in [1.82, 2.24) is 15.1 Å². The van der Waals surface area contributed by atoms with Crippen molar-refractivity contribution in [2.45, 2.75) is 44.7 Å². The Balaban J connectivity index is 2.05. The lowest BCUT2D eigenvalue weighted by atomic mass is 10.0. The molecule has 1 aromatic rings. The van der Waals surface area contributed by atoms with Crippen LogP contribution in [0.1, 0.15) is 44.2 Å². The molecule has 2 amide bonds. The number of unbranched alkanes of at least 4 members (excludes halogenated alkanes) is 1. The van der Waals surface area contributed by atoms with Gasteiger partial charge >= 0.3 is 6.03 Å². The largest absolute Gasteiger partial charge is 0.379 e. The van der Waals surface area contributed by atoms with Crippen LogP contribution >= 0.6 is 23.2 Å². The first-order valence-corrected chi connectivity index (χ1v) is 10.4. The lowest BCUT2D eigenvalue weighted by Crippen LogP contribution is -2.49. The van der Waals surface area contributed by atoms with E-state index in [0.717, 1.165) is 44.3 Å². The normalized spacial score (nSPS) is 16.9. The van der Waals surface area contributed by atoms with Crippen molar-refractivity contribution < 1.29 is 9.53 Å². The van der Waals surface area contributed by atoms with E-state index in [4.69, 9.17) is 27.9 Å². The van der Waals surface area contributed by atoms with Crippen molar-refractivity contribution in [3.05, 3.63) is 33.8 Å². The van der Waals surface area contributed by atoms with E-state index in [0.29, 0.717) is 23.3 Å². The minimum Gasteiger partial charge on any atom is -0.379 e. The zero-order valence-corrected chi connectivity index (χ0v) is 18.0. The molecule has 1 aliphatic rings. The van der Waals surface area contributed by atoms with Gasteiger partial charge in [-0.2, -0.15) is 0 Å². The van der Waals surface area contributed by atoms with Gasteiger partial charge in [0.15, 0.2) is 0 Å². The van der Waals surface area contributed by atoms with Crippen molar-refractivity contribution in [1.29, 1.82) is 0 Å². The van der Waals surface area contributed by atoms with Gasteiger partial charge in [-0.25, -0.2) is 4.79 Å². The fourth-order valence-electron chi connectivity index (χ4n) is 3.25. The van der Waals surface area contributed by atoms with Crippen LogP contribution in [0.3, 0.4) is 0 Å². The number of hydrogen-bond acceptors (Lipinski definition) is 3. The van der Waals surface area contributed by atoms with Gasteiger partial charge in [-0.1, -0.05) is 48.7 Å². The predicted molar refractivity (Wildman–Crippen MR) is 112 cm³/mol. The maximum atomic E-state index is 12.9. The molecule has 7 heteroatoms. The van der Waals surface area contributed by atoms with Gasteiger partial charge in [0.25, 0.3) is 0 Å². The maximum Gasteiger partial charge on any atom is 0.317 e. The molecule has 1 heterocycles. The number of halogens is 2. The van der Waals surface area contributed by atoms with Gasteiger partial charge in [0, 0.05) is 19.7 Å². The van der Waals surface area contributed by atoms with E-state index in [1.54, 1.807) is 6.07 Å². The summed E-state index contributed by atoms with van der Waals surface area (Å²) < 4.78 is 5.78. The van der Waals surface area contributed by atoms with Crippen molar-refractivity contribution in [2.75, 3.05) is 40.4 Å². The number of rotatable bonds is 8. The standard InChI is InChI=1S/C20H31Cl2N3O2/c1-4-5-13-27-14-18(16-7-6-8-17(21)19(16)22)23-20(26)25(3)15-9-11-24(2)12-10-15/h6-8,15,18H,4-5,9-14H2,1-3H3,(H,23,26). The summed E-state index contributed by atoms with van der Waals surface area (Å²) in [6, 6.07) is 5.28. The van der Waals surface area contributed by atoms with Gasteiger partial charge in [0.2, 0.25) is 0 Å². The molecule has 2 rings (SSSR count). The summed E-state index contributed by atoms with van der Waals surface area (Å²) in [5, 5.41) is 4.03. The molecule has 0 spiro atoms. The molecule has 1 aromatic carbocycles. The van der Waals surface area contributed by atoms with Crippen LogP contribution in [0.25, 0.3) is 0 Å². The Hall–Kier alpha value is -1.01. The van der Waals surface area contributed by atoms with Crippen molar-refractivity contribution in [2.24, 2.45) is 0 Å². The lowest BCUT2D eigenvalue weighted by Gasteiger charge is -2.36. The Morgan fingerprint density at radius 1 is 1.37 bits per heavy atom. The molecule has 152 valence electrons. The average Bonchev–Trinajstić information content (AvgIpc) is 2.66. The van der Waals surface area contributed by atoms with Crippen molar-refractivity contribution in [3.8, 4) is 0 Å². The Bertz CT molecular complexity index is 607. The molecule has 27 heavy (non-hydrogen) atoms. The molecule has 5 nitrogen and oxygen atoms in total. The third-order valence-electron chi connectivity index (χ3n) is 5.14. The zero-order valence-electron chi connectivity index (χ0n) is 16.5. The number of hydrogen-bond donors (Lipinski definition) is 1. The fourth-order valence-corrected chi connectivity index (χ4v) is 3.68. The zero-order chi connectivity index (χ0) is 19.8. The number of piperidine rings is 1. The van der Waals surface area contributed by atoms with Gasteiger partial charge in [-0.05, 0) is 51.0 Å². The highest BCUT2D eigenvalue weighted by Gasteiger charge is 2.26. The van der Waals surface area contributed by atoms with Crippen LogP contribution in [0.15, 0.2) is 18.2 Å². The van der Waals surface area contributed by atoms with E-state index in [1.807, 2.05) is 24.1 Å². The number of nitrogens with one attached hydrogen (secondary N) is 1. The smallest absolute Gasteiger partial charge is 0.317 e. The van der Waals surface area contributed by atoms with E-state index >= 15 is 0 Å². The molecule has 1 saturated heterocycles. The third-order valence-corrected chi connectivity index (χ3v) is 5.97. The summed E-state index contributed by atoms with van der Waals surface area (Å²) in [4.78, 5) is 17.0. The minimum atomic E-state index is -0.339. The van der Waals surface area contributed by atoms with Gasteiger partial charge in [0.05, 0.1) is 22.7 Å². The Labute approximate surface area is 172 Å². The Morgan fingerprint density at radius 2 is 2.07 bits per heavy atom. The topological polar surface area (TPSA) is 44.8 Å². The predicted octanol–water partition coefficient (Wildman–Crippen LogP) is 4.59. The van der Waals surface area contributed by atoms with E-state index in [1.165, 1.54) is 0 Å². The van der Waals surface area contributed by atoms with Crippen LogP contribution in [0.2, 0.25) is 10.0 Å². The highest BCUT2D eigenvalue weighted by Crippen LogP contribution is 2.30. The molecule has 0 aliphatic carbocycles. The molecular weight excluding hydrogens is 385 g/mol. The number of ether oxygens (including phenoxy) is 1. The molecule has 0 aromatic heterocycles. The molecule has 1 fully saturated rings. The number of carbonyl (C=O) groups is 1. The fraction of sp³-hybridized carbons (Fsp3) is 0.650. The average molecular weight is 416 g/mol. The van der Waals surface area contributed by atoms with E-state index in [9.17, 15) is 4.79 Å². The van der Waals surface area contributed by atoms with Gasteiger partial charge < -0.3 is 19.9 Å². The SMILES string of the molecule is CCCCOCC(NC(=O)N(C)C1CCN(C)CC1)c1cccc(Cl)c1Cl. The molecule has 0 radical (unpaired) electrons. The minimum absolute atomic E-state index is 0.107. The number of carbonyl (C=O) groups excluding carboxylic acids is 1. The third kappa shape index (κ3) is 6.53. The summed E-state index contributed by atoms with van der Waals surface area (Å²) in [6.07, 6.45) is 4.01. The second-order valence-corrected chi connectivity index (χ2v) is 8.00. The molecule has 0 bridgehead atoms. The lowest BCUT2D eigenvalue weighted by molar-refractivity contribution is 0.103. The van der Waals surface area contributed by atoms with Crippen molar-refractivity contribution >= 4 is 29.2 Å². The first-order chi connectivity index (χ1) is 12.9. The molecule has 1 atom stereocenters. The number of amides is 2. The summed E-state index contributed by atoms with van der Waals surface area (Å²) >= 11 is 12.6. The molecular formula is C20H31Cl2N3O2. The summed E-state index contributed by atoms with van der Waals surface area (Å²) in [5.41, 5.74) is 0.783. The molecule has 0 saturated carbocycles. The van der Waals surface area contributed by atoms with Crippen LogP contribution in [0, 0.1) is 0 Å². The molecule has 1 aliphatic heterocycles. The number of likely N-dealkylation sites (tertiary alicyclic amines) is 1. The second-order valence-electron chi connectivity index (χ2n) is 7.22. The quantitative estimate of drug-likeness (QED) is 0.631. The molecule has 1 N–H and O–H groups in total. The van der Waals surface area contributed by atoms with E-state index in [2.05, 4.69) is 24.2 Å². The highest BCUT2D eigenvalue weighted by molar-refractivity contribution is 6.42. The highest BCUT2D eigenvalue weighted by atomic mass is 35.5. The van der Waals surface area contributed by atoms with Crippen LogP contribution in [0.5, 0.6) is 0 Å². The first-order valence-electron chi connectivity index (χ1n) is 9.67. The second kappa shape index (κ2) is 11.1. The first kappa shape index (κ1) is 22.3. The maximum absolute atomic E-state index is 12.9. The summed E-state index contributed by atoms with van der Waals surface area (Å²) in [5.74, 6) is 0. The van der Waals surface area contributed by atoms with Crippen LogP contribution < -0.4 is 5.32 Å². The van der Waals surface area contributed by atoms with Crippen LogP contribution in [0.4, 0.5) is 4.79 Å². The number of nitrogens with zero attached hydrogens (tertiary/aromatic N) is 2. The monoisotopic (exact) mass is 415 g/mol. The van der Waals surface area contributed by atoms with E-state index < -0.39 is 0 Å². The van der Waals surface area contributed by atoms with Gasteiger partial charge in [-0.15, -0.1) is 0 Å². The Kier molecular flexibility index (Phi) is 9.16. The molecule has 1 unspecified atom stereocenters. The number of benzene rings is 1. The summed E-state index contributed by atoms with van der Waals surface area (Å²) in [6.45, 7) is 5.16.